The fourth-order valence-corrected chi connectivity index (χ4v) is 1.87. The van der Waals surface area contributed by atoms with E-state index in [2.05, 4.69) is 35.1 Å². The summed E-state index contributed by atoms with van der Waals surface area (Å²) in [7, 11) is 0. The van der Waals surface area contributed by atoms with Crippen LogP contribution in [0.2, 0.25) is 0 Å². The number of rotatable bonds is 5. The Labute approximate surface area is 104 Å². The number of hydrogen-bond donors (Lipinski definition) is 2. The van der Waals surface area contributed by atoms with Crippen LogP contribution >= 0.6 is 15.9 Å². The van der Waals surface area contributed by atoms with Crippen molar-refractivity contribution in [1.82, 2.24) is 5.32 Å². The van der Waals surface area contributed by atoms with E-state index in [-0.39, 0.29) is 11.9 Å². The first-order chi connectivity index (χ1) is 7.54. The summed E-state index contributed by atoms with van der Waals surface area (Å²) in [6.07, 6.45) is 2.33. The molecule has 0 radical (unpaired) electrons. The van der Waals surface area contributed by atoms with Gasteiger partial charge in [-0.05, 0) is 34.3 Å². The number of halogens is 1. The summed E-state index contributed by atoms with van der Waals surface area (Å²) in [5.41, 5.74) is 5.60. The van der Waals surface area contributed by atoms with E-state index in [1.54, 1.807) is 6.07 Å². The van der Waals surface area contributed by atoms with Crippen LogP contribution in [-0.2, 0) is 0 Å². The second-order valence-electron chi connectivity index (χ2n) is 4.13. The van der Waals surface area contributed by atoms with E-state index in [0.717, 1.165) is 6.42 Å². The summed E-state index contributed by atoms with van der Waals surface area (Å²) in [5, 5.41) is 2.85. The number of furan rings is 1. The molecule has 0 aliphatic carbocycles. The molecule has 0 aliphatic heterocycles. The maximum atomic E-state index is 11.8. The molecule has 1 unspecified atom stereocenters. The first-order valence-corrected chi connectivity index (χ1v) is 6.07. The third-order valence-electron chi connectivity index (χ3n) is 2.20. The van der Waals surface area contributed by atoms with Crippen LogP contribution in [0.3, 0.4) is 0 Å². The van der Waals surface area contributed by atoms with Crippen LogP contribution in [0.5, 0.6) is 0 Å². The Morgan fingerprint density at radius 2 is 2.31 bits per heavy atom. The van der Waals surface area contributed by atoms with Crippen molar-refractivity contribution >= 4 is 21.8 Å². The highest BCUT2D eigenvalue weighted by Gasteiger charge is 2.18. The maximum absolute atomic E-state index is 11.8. The quantitative estimate of drug-likeness (QED) is 0.872. The van der Waals surface area contributed by atoms with E-state index in [1.165, 1.54) is 6.26 Å². The molecule has 1 rings (SSSR count). The lowest BCUT2D eigenvalue weighted by Crippen LogP contribution is -2.41. The van der Waals surface area contributed by atoms with E-state index in [1.807, 2.05) is 0 Å². The van der Waals surface area contributed by atoms with E-state index < -0.39 is 0 Å². The molecule has 0 aromatic carbocycles. The summed E-state index contributed by atoms with van der Waals surface area (Å²) >= 11 is 3.24. The number of carbonyl (C=O) groups excluding carboxylic acids is 1. The van der Waals surface area contributed by atoms with Crippen molar-refractivity contribution in [2.45, 2.75) is 26.3 Å². The molecule has 4 nitrogen and oxygen atoms in total. The minimum Gasteiger partial charge on any atom is -0.458 e. The van der Waals surface area contributed by atoms with Gasteiger partial charge in [0.2, 0.25) is 5.76 Å². The van der Waals surface area contributed by atoms with E-state index in [0.29, 0.717) is 22.7 Å². The average Bonchev–Trinajstić information content (AvgIpc) is 2.62. The van der Waals surface area contributed by atoms with Gasteiger partial charge in [-0.15, -0.1) is 0 Å². The molecule has 1 aromatic heterocycles. The van der Waals surface area contributed by atoms with E-state index in [4.69, 9.17) is 10.2 Å². The van der Waals surface area contributed by atoms with Gasteiger partial charge in [-0.25, -0.2) is 0 Å². The van der Waals surface area contributed by atoms with Gasteiger partial charge in [-0.1, -0.05) is 13.8 Å². The predicted octanol–water partition coefficient (Wildman–Crippen LogP) is 2.15. The summed E-state index contributed by atoms with van der Waals surface area (Å²) in [6, 6.07) is 1.68. The molecule has 0 spiro atoms. The molecule has 0 aliphatic rings. The largest absolute Gasteiger partial charge is 0.458 e. The Bertz CT molecular complexity index is 350. The third-order valence-corrected chi connectivity index (χ3v) is 2.82. The molecule has 5 heteroatoms. The van der Waals surface area contributed by atoms with Crippen LogP contribution in [0.15, 0.2) is 21.2 Å². The second-order valence-corrected chi connectivity index (χ2v) is 4.99. The third kappa shape index (κ3) is 3.64. The van der Waals surface area contributed by atoms with Crippen LogP contribution in [0.1, 0.15) is 30.8 Å². The highest BCUT2D eigenvalue weighted by molar-refractivity contribution is 9.10. The molecule has 0 saturated heterocycles. The number of nitrogens with one attached hydrogen (secondary N) is 1. The zero-order valence-corrected chi connectivity index (χ0v) is 11.1. The van der Waals surface area contributed by atoms with Crippen LogP contribution in [0.25, 0.3) is 0 Å². The molecule has 3 N–H and O–H groups in total. The summed E-state index contributed by atoms with van der Waals surface area (Å²) < 4.78 is 5.73. The van der Waals surface area contributed by atoms with Gasteiger partial charge in [-0.2, -0.15) is 0 Å². The van der Waals surface area contributed by atoms with Crippen molar-refractivity contribution in [3.05, 3.63) is 22.6 Å². The van der Waals surface area contributed by atoms with Crippen molar-refractivity contribution in [3.63, 3.8) is 0 Å². The molecule has 1 atom stereocenters. The Kier molecular flexibility index (Phi) is 5.02. The molecule has 0 bridgehead atoms. The zero-order valence-electron chi connectivity index (χ0n) is 9.50. The molecule has 1 aromatic rings. The van der Waals surface area contributed by atoms with Crippen molar-refractivity contribution in [3.8, 4) is 0 Å². The van der Waals surface area contributed by atoms with Crippen LogP contribution in [0, 0.1) is 5.92 Å². The summed E-state index contributed by atoms with van der Waals surface area (Å²) in [6.45, 7) is 4.62. The molecule has 16 heavy (non-hydrogen) atoms. The minimum absolute atomic E-state index is 0.00972. The Hall–Kier alpha value is -0.810. The van der Waals surface area contributed by atoms with Crippen molar-refractivity contribution in [1.29, 1.82) is 0 Å². The summed E-state index contributed by atoms with van der Waals surface area (Å²) in [5.74, 6) is 0.559. The van der Waals surface area contributed by atoms with Gasteiger partial charge in [0.1, 0.15) is 0 Å². The lowest BCUT2D eigenvalue weighted by molar-refractivity contribution is 0.0904. The van der Waals surface area contributed by atoms with E-state index >= 15 is 0 Å². The Balaban J connectivity index is 2.59. The predicted molar refractivity (Wildman–Crippen MR) is 66.2 cm³/mol. The van der Waals surface area contributed by atoms with Crippen LogP contribution in [-0.4, -0.2) is 18.5 Å². The molecule has 1 heterocycles. The normalized spacial score (nSPS) is 12.8. The average molecular weight is 289 g/mol. The smallest absolute Gasteiger partial charge is 0.288 e. The van der Waals surface area contributed by atoms with Gasteiger partial charge >= 0.3 is 0 Å². The van der Waals surface area contributed by atoms with Gasteiger partial charge < -0.3 is 15.5 Å². The van der Waals surface area contributed by atoms with Gasteiger partial charge in [0, 0.05) is 12.6 Å². The van der Waals surface area contributed by atoms with Crippen molar-refractivity contribution in [2.24, 2.45) is 11.7 Å². The number of amides is 1. The number of hydrogen-bond acceptors (Lipinski definition) is 3. The molecule has 0 fully saturated rings. The number of nitrogens with two attached hydrogens (primary N) is 1. The first-order valence-electron chi connectivity index (χ1n) is 5.28. The van der Waals surface area contributed by atoms with Gasteiger partial charge in [0.15, 0.2) is 0 Å². The molecule has 90 valence electrons. The van der Waals surface area contributed by atoms with Gasteiger partial charge in [0.25, 0.3) is 5.91 Å². The van der Waals surface area contributed by atoms with E-state index in [9.17, 15) is 4.79 Å². The van der Waals surface area contributed by atoms with Crippen LogP contribution in [0.4, 0.5) is 0 Å². The first kappa shape index (κ1) is 13.3. The Morgan fingerprint density at radius 1 is 1.62 bits per heavy atom. The highest BCUT2D eigenvalue weighted by atomic mass is 79.9. The maximum Gasteiger partial charge on any atom is 0.288 e. The van der Waals surface area contributed by atoms with Gasteiger partial charge in [0.05, 0.1) is 10.7 Å². The topological polar surface area (TPSA) is 68.3 Å². The molecule has 0 saturated carbocycles. The Morgan fingerprint density at radius 3 is 2.75 bits per heavy atom. The van der Waals surface area contributed by atoms with Gasteiger partial charge in [-0.3, -0.25) is 4.79 Å². The second kappa shape index (κ2) is 6.06. The fourth-order valence-electron chi connectivity index (χ4n) is 1.49. The SMILES string of the molecule is CC(C)CC(CN)NC(=O)c1occc1Br. The minimum atomic E-state index is -0.229. The number of carbonyl (C=O) groups is 1. The standard InChI is InChI=1S/C11H17BrN2O2/c1-7(2)5-8(6-13)14-11(15)10-9(12)3-4-16-10/h3-4,7-8H,5-6,13H2,1-2H3,(H,14,15). The van der Waals surface area contributed by atoms with Crippen molar-refractivity contribution < 1.29 is 9.21 Å². The summed E-state index contributed by atoms with van der Waals surface area (Å²) in [4.78, 5) is 11.8. The zero-order chi connectivity index (χ0) is 12.1. The highest BCUT2D eigenvalue weighted by Crippen LogP contribution is 2.17. The molecule has 1 amide bonds. The lowest BCUT2D eigenvalue weighted by Gasteiger charge is -2.18. The molecular weight excluding hydrogens is 272 g/mol. The fraction of sp³-hybridized carbons (Fsp3) is 0.545. The van der Waals surface area contributed by atoms with Crippen molar-refractivity contribution in [2.75, 3.05) is 6.54 Å². The lowest BCUT2D eigenvalue weighted by atomic mass is 10.0. The monoisotopic (exact) mass is 288 g/mol. The van der Waals surface area contributed by atoms with Crippen LogP contribution < -0.4 is 11.1 Å². The molecular formula is C11H17BrN2O2.